The first-order chi connectivity index (χ1) is 3.81. The van der Waals surface area contributed by atoms with Crippen molar-refractivity contribution in [2.75, 3.05) is 0 Å². The molecule has 0 aromatic heterocycles. The molecular weight excluding hydrogens is 104 g/mol. The molecule has 0 N–H and O–H groups in total. The van der Waals surface area contributed by atoms with Gasteiger partial charge in [-0.3, -0.25) is 0 Å². The Hall–Kier alpha value is -0.500. The first kappa shape index (κ1) is 7.50. The van der Waals surface area contributed by atoms with E-state index in [1.165, 1.54) is 6.26 Å². The highest BCUT2D eigenvalue weighted by atomic mass is 16.7. The van der Waals surface area contributed by atoms with Crippen molar-refractivity contribution in [3.8, 4) is 0 Å². The lowest BCUT2D eigenvalue weighted by Crippen LogP contribution is -2.05. The van der Waals surface area contributed by atoms with Crippen LogP contribution in [0.1, 0.15) is 13.8 Å². The van der Waals surface area contributed by atoms with Crippen LogP contribution in [-0.2, 0) is 9.47 Å². The van der Waals surface area contributed by atoms with Crippen LogP contribution in [0.15, 0.2) is 12.8 Å². The van der Waals surface area contributed by atoms with Gasteiger partial charge in [-0.1, -0.05) is 6.58 Å². The first-order valence-corrected chi connectivity index (χ1v) is 2.51. The minimum absolute atomic E-state index is 0.211. The molecule has 0 spiro atoms. The Balaban J connectivity index is 3.03. The Morgan fingerprint density at radius 1 is 1.50 bits per heavy atom. The average Bonchev–Trinajstić information content (AvgIpc) is 1.68. The topological polar surface area (TPSA) is 18.5 Å². The fourth-order valence-corrected chi connectivity index (χ4v) is 0.359. The van der Waals surface area contributed by atoms with Crippen LogP contribution in [0.2, 0.25) is 0 Å². The van der Waals surface area contributed by atoms with Crippen molar-refractivity contribution in [2.45, 2.75) is 20.1 Å². The first-order valence-electron chi connectivity index (χ1n) is 2.51. The molecule has 0 aliphatic rings. The van der Waals surface area contributed by atoms with Gasteiger partial charge in [-0.05, 0) is 13.8 Å². The summed E-state index contributed by atoms with van der Waals surface area (Å²) in [4.78, 5) is 0. The summed E-state index contributed by atoms with van der Waals surface area (Å²) >= 11 is 0. The van der Waals surface area contributed by atoms with E-state index in [0.29, 0.717) is 0 Å². The monoisotopic (exact) mass is 115 g/mol. The SMILES string of the molecule is C=COC(C)O[CH]C. The summed E-state index contributed by atoms with van der Waals surface area (Å²) < 4.78 is 9.66. The molecular formula is C6H11O2. The standard InChI is InChI=1S/C6H11O2/c1-4-7-6(3)8-5-2/h4-6H,1H2,2-3H3. The van der Waals surface area contributed by atoms with Gasteiger partial charge in [-0.2, -0.15) is 0 Å². The smallest absolute Gasteiger partial charge is 0.196 e. The van der Waals surface area contributed by atoms with Crippen molar-refractivity contribution in [1.82, 2.24) is 0 Å². The predicted octanol–water partition coefficient (Wildman–Crippen LogP) is 1.69. The van der Waals surface area contributed by atoms with Gasteiger partial charge in [0.05, 0.1) is 12.9 Å². The van der Waals surface area contributed by atoms with Crippen LogP contribution >= 0.6 is 0 Å². The van der Waals surface area contributed by atoms with E-state index < -0.39 is 0 Å². The Bertz CT molecular complexity index is 61.5. The molecule has 2 nitrogen and oxygen atoms in total. The molecule has 1 unspecified atom stereocenters. The molecule has 0 aromatic rings. The summed E-state index contributed by atoms with van der Waals surface area (Å²) in [6, 6.07) is 0. The lowest BCUT2D eigenvalue weighted by molar-refractivity contribution is -0.0630. The average molecular weight is 115 g/mol. The van der Waals surface area contributed by atoms with Crippen LogP contribution in [0.3, 0.4) is 0 Å². The fraction of sp³-hybridized carbons (Fsp3) is 0.500. The Morgan fingerprint density at radius 3 is 2.50 bits per heavy atom. The van der Waals surface area contributed by atoms with Crippen molar-refractivity contribution in [2.24, 2.45) is 0 Å². The van der Waals surface area contributed by atoms with E-state index in [2.05, 4.69) is 6.58 Å². The van der Waals surface area contributed by atoms with Gasteiger partial charge in [-0.25, -0.2) is 0 Å². The second-order valence-corrected chi connectivity index (χ2v) is 1.24. The van der Waals surface area contributed by atoms with Crippen LogP contribution in [-0.4, -0.2) is 6.29 Å². The summed E-state index contributed by atoms with van der Waals surface area (Å²) in [6.07, 6.45) is 1.14. The third-order valence-electron chi connectivity index (χ3n) is 0.616. The highest BCUT2D eigenvalue weighted by molar-refractivity contribution is 4.50. The van der Waals surface area contributed by atoms with Crippen LogP contribution in [0.4, 0.5) is 0 Å². The highest BCUT2D eigenvalue weighted by Gasteiger charge is 1.94. The van der Waals surface area contributed by atoms with Crippen molar-refractivity contribution >= 4 is 0 Å². The molecule has 47 valence electrons. The molecule has 0 heterocycles. The van der Waals surface area contributed by atoms with E-state index in [9.17, 15) is 0 Å². The van der Waals surface area contributed by atoms with Gasteiger partial charge in [0, 0.05) is 0 Å². The number of ether oxygens (including phenoxy) is 2. The van der Waals surface area contributed by atoms with Gasteiger partial charge in [0.2, 0.25) is 0 Å². The maximum absolute atomic E-state index is 4.86. The maximum Gasteiger partial charge on any atom is 0.196 e. The Kier molecular flexibility index (Phi) is 4.36. The molecule has 1 atom stereocenters. The molecule has 0 aromatic carbocycles. The van der Waals surface area contributed by atoms with Gasteiger partial charge >= 0.3 is 0 Å². The molecule has 0 saturated heterocycles. The van der Waals surface area contributed by atoms with E-state index in [4.69, 9.17) is 9.47 Å². The molecule has 8 heavy (non-hydrogen) atoms. The highest BCUT2D eigenvalue weighted by Crippen LogP contribution is 1.93. The van der Waals surface area contributed by atoms with E-state index in [1.54, 1.807) is 20.5 Å². The molecule has 1 radical (unpaired) electrons. The normalized spacial score (nSPS) is 12.8. The van der Waals surface area contributed by atoms with Crippen molar-refractivity contribution in [1.29, 1.82) is 0 Å². The predicted molar refractivity (Wildman–Crippen MR) is 31.8 cm³/mol. The second kappa shape index (κ2) is 4.65. The maximum atomic E-state index is 4.86. The molecule has 0 fully saturated rings. The molecule has 0 rings (SSSR count). The van der Waals surface area contributed by atoms with Crippen LogP contribution < -0.4 is 0 Å². The van der Waals surface area contributed by atoms with E-state index >= 15 is 0 Å². The van der Waals surface area contributed by atoms with Crippen molar-refractivity contribution in [3.63, 3.8) is 0 Å². The lowest BCUT2D eigenvalue weighted by atomic mass is 10.7. The van der Waals surface area contributed by atoms with Crippen LogP contribution in [0.5, 0.6) is 0 Å². The van der Waals surface area contributed by atoms with Gasteiger partial charge in [0.1, 0.15) is 0 Å². The molecule has 2 heteroatoms. The largest absolute Gasteiger partial charge is 0.473 e. The molecule has 0 bridgehead atoms. The van der Waals surface area contributed by atoms with Crippen LogP contribution in [0, 0.1) is 6.61 Å². The van der Waals surface area contributed by atoms with Gasteiger partial charge in [-0.15, -0.1) is 0 Å². The number of rotatable bonds is 4. The summed E-state index contributed by atoms with van der Waals surface area (Å²) in [7, 11) is 0. The zero-order valence-corrected chi connectivity index (χ0v) is 5.26. The summed E-state index contributed by atoms with van der Waals surface area (Å²) in [5, 5.41) is 0. The lowest BCUT2D eigenvalue weighted by Gasteiger charge is -2.08. The third-order valence-corrected chi connectivity index (χ3v) is 0.616. The van der Waals surface area contributed by atoms with Gasteiger partial charge in [0.15, 0.2) is 6.29 Å². The third kappa shape index (κ3) is 3.68. The summed E-state index contributed by atoms with van der Waals surface area (Å²) in [5.41, 5.74) is 0. The molecule has 0 aliphatic carbocycles. The zero-order chi connectivity index (χ0) is 6.41. The minimum atomic E-state index is -0.211. The molecule has 0 aliphatic heterocycles. The number of hydrogen-bond donors (Lipinski definition) is 0. The molecule has 0 saturated carbocycles. The van der Waals surface area contributed by atoms with E-state index in [0.717, 1.165) is 0 Å². The molecule has 0 amide bonds. The van der Waals surface area contributed by atoms with Crippen molar-refractivity contribution in [3.05, 3.63) is 19.4 Å². The van der Waals surface area contributed by atoms with Gasteiger partial charge < -0.3 is 9.47 Å². The second-order valence-electron chi connectivity index (χ2n) is 1.24. The van der Waals surface area contributed by atoms with E-state index in [-0.39, 0.29) is 6.29 Å². The zero-order valence-electron chi connectivity index (χ0n) is 5.26. The number of hydrogen-bond acceptors (Lipinski definition) is 2. The van der Waals surface area contributed by atoms with E-state index in [1.807, 2.05) is 0 Å². The van der Waals surface area contributed by atoms with Crippen molar-refractivity contribution < 1.29 is 9.47 Å². The minimum Gasteiger partial charge on any atom is -0.473 e. The Labute approximate surface area is 50.1 Å². The van der Waals surface area contributed by atoms with Crippen LogP contribution in [0.25, 0.3) is 0 Å². The quantitative estimate of drug-likeness (QED) is 0.410. The summed E-state index contributed by atoms with van der Waals surface area (Å²) in [6.45, 7) is 8.53. The Morgan fingerprint density at radius 2 is 2.12 bits per heavy atom. The fourth-order valence-electron chi connectivity index (χ4n) is 0.359. The summed E-state index contributed by atoms with van der Waals surface area (Å²) in [5.74, 6) is 0. The van der Waals surface area contributed by atoms with Gasteiger partial charge in [0.25, 0.3) is 0 Å².